The van der Waals surface area contributed by atoms with Crippen molar-refractivity contribution in [3.63, 3.8) is 0 Å². The van der Waals surface area contributed by atoms with Crippen molar-refractivity contribution in [3.8, 4) is 11.1 Å². The Bertz CT molecular complexity index is 1550. The lowest BCUT2D eigenvalue weighted by Crippen LogP contribution is -2.35. The highest BCUT2D eigenvalue weighted by Gasteiger charge is 2.23. The second-order valence-corrected chi connectivity index (χ2v) is 13.6. The van der Waals surface area contributed by atoms with Gasteiger partial charge in [-0.2, -0.15) is 0 Å². The highest BCUT2D eigenvalue weighted by molar-refractivity contribution is 7.89. The number of benzene rings is 3. The zero-order chi connectivity index (χ0) is 31.6. The van der Waals surface area contributed by atoms with Gasteiger partial charge in [-0.15, -0.1) is 0 Å². The number of alkyl carbamates (subject to hydrolysis) is 1. The van der Waals surface area contributed by atoms with Gasteiger partial charge in [-0.25, -0.2) is 23.1 Å². The molecule has 3 aromatic rings. The number of halogens is 3. The number of urea groups is 1. The van der Waals surface area contributed by atoms with Gasteiger partial charge in [0.25, 0.3) is 0 Å². The molecule has 3 rings (SSSR count). The second kappa shape index (κ2) is 15.4. The molecule has 43 heavy (non-hydrogen) atoms. The number of ether oxygens (including phenoxy) is 1. The van der Waals surface area contributed by atoms with Crippen molar-refractivity contribution < 1.29 is 22.7 Å². The number of carbonyl (C=O) groups excluding carboxylic acids is 2. The Kier molecular flexibility index (Phi) is 12.2. The molecule has 0 saturated heterocycles. The van der Waals surface area contributed by atoms with Crippen molar-refractivity contribution in [1.82, 2.24) is 10.2 Å². The zero-order valence-corrected chi connectivity index (χ0v) is 26.4. The number of amidine groups is 1. The van der Waals surface area contributed by atoms with Crippen molar-refractivity contribution in [2.75, 3.05) is 18.5 Å². The van der Waals surface area contributed by atoms with Gasteiger partial charge in [0.05, 0.1) is 4.90 Å². The lowest BCUT2D eigenvalue weighted by atomic mass is 10.1. The summed E-state index contributed by atoms with van der Waals surface area (Å²) in [5, 5.41) is 18.8. The number of primary sulfonamides is 1. The number of amides is 3. The van der Waals surface area contributed by atoms with Gasteiger partial charge in [-0.1, -0.05) is 103 Å². The molecule has 10 nitrogen and oxygen atoms in total. The maximum absolute atomic E-state index is 13.3. The molecule has 5 N–H and O–H groups in total. The number of hydrogen-bond donors (Lipinski definition) is 4. The molecule has 0 spiro atoms. The molecule has 0 atom stereocenters. The van der Waals surface area contributed by atoms with Crippen LogP contribution in [-0.4, -0.2) is 48.2 Å². The summed E-state index contributed by atoms with van der Waals surface area (Å²) < 4.78 is 27.0. The summed E-state index contributed by atoms with van der Waals surface area (Å²) >= 11 is 16.8. The number of nitrogens with zero attached hydrogens (tertiary/aromatic N) is 1. The van der Waals surface area contributed by atoms with Crippen molar-refractivity contribution in [2.45, 2.75) is 41.4 Å². The van der Waals surface area contributed by atoms with Crippen LogP contribution in [0.25, 0.3) is 11.1 Å². The Balaban J connectivity index is 1.72. The summed E-state index contributed by atoms with van der Waals surface area (Å²) in [4.78, 5) is 27.0. The minimum atomic E-state index is -3.92. The van der Waals surface area contributed by atoms with Crippen LogP contribution in [0.1, 0.15) is 37.3 Å². The molecule has 0 aromatic heterocycles. The van der Waals surface area contributed by atoms with E-state index in [-0.39, 0.29) is 23.3 Å². The van der Waals surface area contributed by atoms with Crippen molar-refractivity contribution in [1.29, 1.82) is 5.41 Å². The molecule has 0 unspecified atom stereocenters. The Morgan fingerprint density at radius 2 is 1.70 bits per heavy atom. The van der Waals surface area contributed by atoms with Gasteiger partial charge in [-0.05, 0) is 41.8 Å². The summed E-state index contributed by atoms with van der Waals surface area (Å²) in [5.41, 5.74) is 2.75. The molecule has 3 amide bonds. The van der Waals surface area contributed by atoms with Gasteiger partial charge < -0.3 is 15.0 Å². The van der Waals surface area contributed by atoms with Crippen molar-refractivity contribution in [2.24, 2.45) is 5.14 Å². The molecule has 0 aliphatic heterocycles. The molecule has 3 aromatic carbocycles. The summed E-state index contributed by atoms with van der Waals surface area (Å²) in [7, 11) is -3.92. The summed E-state index contributed by atoms with van der Waals surface area (Å²) in [6.45, 7) is 2.32. The SMILES string of the molecule is CCCCCN(Cc1cccc(C(=N)NC(=O)OCC(Cl)(Cl)Cl)c1)C(=O)Nc1ccc(-c2ccccc2S(N)(=O)=O)cc1. The fourth-order valence-electron chi connectivity index (χ4n) is 4.10. The minimum Gasteiger partial charge on any atom is -0.445 e. The summed E-state index contributed by atoms with van der Waals surface area (Å²) in [6.07, 6.45) is 1.76. The number of sulfonamides is 1. The van der Waals surface area contributed by atoms with Gasteiger partial charge in [0.1, 0.15) is 12.4 Å². The molecule has 230 valence electrons. The lowest BCUT2D eigenvalue weighted by molar-refractivity contribution is 0.154. The Labute approximate surface area is 266 Å². The van der Waals surface area contributed by atoms with E-state index in [0.29, 0.717) is 28.9 Å². The number of carbonyl (C=O) groups is 2. The first-order valence-electron chi connectivity index (χ1n) is 13.2. The van der Waals surface area contributed by atoms with E-state index >= 15 is 0 Å². The average Bonchev–Trinajstić information content (AvgIpc) is 2.95. The number of unbranched alkanes of at least 4 members (excludes halogenated alkanes) is 2. The first-order valence-corrected chi connectivity index (χ1v) is 15.9. The molecule has 0 saturated carbocycles. The smallest absolute Gasteiger partial charge is 0.412 e. The van der Waals surface area contributed by atoms with Gasteiger partial charge in [0.2, 0.25) is 13.8 Å². The van der Waals surface area contributed by atoms with Gasteiger partial charge in [0, 0.05) is 29.9 Å². The molecule has 0 radical (unpaired) electrons. The summed E-state index contributed by atoms with van der Waals surface area (Å²) in [5.74, 6) is -0.220. The monoisotopic (exact) mass is 667 g/mol. The first kappa shape index (κ1) is 34.1. The lowest BCUT2D eigenvalue weighted by Gasteiger charge is -2.24. The van der Waals surface area contributed by atoms with E-state index in [0.717, 1.165) is 24.8 Å². The van der Waals surface area contributed by atoms with E-state index in [4.69, 9.17) is 50.1 Å². The van der Waals surface area contributed by atoms with Crippen LogP contribution >= 0.6 is 34.8 Å². The minimum absolute atomic E-state index is 0.0131. The third-order valence-corrected chi connectivity index (χ3v) is 7.44. The number of rotatable bonds is 11. The molecule has 0 heterocycles. The molecule has 0 aliphatic carbocycles. The highest BCUT2D eigenvalue weighted by atomic mass is 35.6. The first-order chi connectivity index (χ1) is 20.3. The Morgan fingerprint density at radius 1 is 1.00 bits per heavy atom. The van der Waals surface area contributed by atoms with Crippen LogP contribution in [0, 0.1) is 5.41 Å². The second-order valence-electron chi connectivity index (χ2n) is 9.57. The average molecular weight is 669 g/mol. The fraction of sp³-hybridized carbons (Fsp3) is 0.276. The van der Waals surface area contributed by atoms with E-state index in [9.17, 15) is 18.0 Å². The van der Waals surface area contributed by atoms with E-state index in [1.54, 1.807) is 65.6 Å². The highest BCUT2D eigenvalue weighted by Crippen LogP contribution is 2.28. The predicted octanol–water partition coefficient (Wildman–Crippen LogP) is 6.65. The topological polar surface area (TPSA) is 155 Å². The molecular formula is C29H32Cl3N5O5S. The normalized spacial score (nSPS) is 11.5. The Morgan fingerprint density at radius 3 is 2.35 bits per heavy atom. The number of hydrogen-bond acceptors (Lipinski definition) is 6. The van der Waals surface area contributed by atoms with Gasteiger partial charge in [0.15, 0.2) is 0 Å². The predicted molar refractivity (Wildman–Crippen MR) is 170 cm³/mol. The largest absolute Gasteiger partial charge is 0.445 e. The maximum Gasteiger partial charge on any atom is 0.412 e. The van der Waals surface area contributed by atoms with Gasteiger partial charge >= 0.3 is 12.1 Å². The quantitative estimate of drug-likeness (QED) is 0.0780. The summed E-state index contributed by atoms with van der Waals surface area (Å²) in [6, 6.07) is 19.8. The Hall–Kier alpha value is -3.35. The number of nitrogens with two attached hydrogens (primary N) is 1. The zero-order valence-electron chi connectivity index (χ0n) is 23.3. The van der Waals surface area contributed by atoms with Crippen molar-refractivity contribution >= 4 is 68.5 Å². The van der Waals surface area contributed by atoms with Crippen LogP contribution < -0.4 is 15.8 Å². The number of alkyl halides is 3. The third-order valence-electron chi connectivity index (χ3n) is 6.14. The van der Waals surface area contributed by atoms with Gasteiger partial charge in [-0.3, -0.25) is 10.7 Å². The molecule has 14 heteroatoms. The van der Waals surface area contributed by atoms with E-state index < -0.39 is 26.5 Å². The maximum atomic E-state index is 13.3. The van der Waals surface area contributed by atoms with E-state index in [1.165, 1.54) is 6.07 Å². The van der Waals surface area contributed by atoms with Crippen LogP contribution in [0.15, 0.2) is 77.7 Å². The fourth-order valence-corrected chi connectivity index (χ4v) is 5.02. The molecule has 0 fully saturated rings. The van der Waals surface area contributed by atoms with E-state index in [2.05, 4.69) is 17.6 Å². The standard InChI is InChI=1S/C29H32Cl3N5O5S/c1-2-3-6-16-37(18-20-8-7-9-22(17-20)26(33)36-28(39)42-19-29(30,31)32)27(38)35-23-14-12-21(13-15-23)24-10-4-5-11-25(24)43(34,40)41/h4-5,7-15,17H,2-3,6,16,18-19H2,1H3,(H,35,38)(H2,33,36,39)(H2,34,40,41). The van der Waals surface area contributed by atoms with Crippen LogP contribution in [0.5, 0.6) is 0 Å². The molecule has 0 aliphatic rings. The van der Waals surface area contributed by atoms with Crippen molar-refractivity contribution in [3.05, 3.63) is 83.9 Å². The van der Waals surface area contributed by atoms with Crippen LogP contribution in [-0.2, 0) is 21.3 Å². The van der Waals surface area contributed by atoms with E-state index in [1.807, 2.05) is 6.07 Å². The van der Waals surface area contributed by atoms with Crippen LogP contribution in [0.2, 0.25) is 0 Å². The number of nitrogens with one attached hydrogen (secondary N) is 3. The molecule has 0 bridgehead atoms. The van der Waals surface area contributed by atoms with Crippen LogP contribution in [0.4, 0.5) is 15.3 Å². The van der Waals surface area contributed by atoms with Crippen LogP contribution in [0.3, 0.4) is 0 Å². The third kappa shape index (κ3) is 11.0. The molecular weight excluding hydrogens is 637 g/mol. The number of anilines is 1.